The highest BCUT2D eigenvalue weighted by Gasteiger charge is 2.23. The smallest absolute Gasteiger partial charge is 0.243 e. The second-order valence-electron chi connectivity index (χ2n) is 6.92. The summed E-state index contributed by atoms with van der Waals surface area (Å²) >= 11 is 0. The molecule has 0 fully saturated rings. The fourth-order valence-electron chi connectivity index (χ4n) is 3.27. The van der Waals surface area contributed by atoms with E-state index in [1.54, 1.807) is 27.0 Å². The number of rotatable bonds is 12. The normalized spacial score (nSPS) is 11.3. The Labute approximate surface area is 190 Å². The van der Waals surface area contributed by atoms with Gasteiger partial charge in [0.2, 0.25) is 15.9 Å². The molecule has 32 heavy (non-hydrogen) atoms. The molecule has 0 unspecified atom stereocenters. The molecule has 0 aliphatic rings. The lowest BCUT2D eigenvalue weighted by Gasteiger charge is -2.19. The molecule has 0 spiro atoms. The van der Waals surface area contributed by atoms with Gasteiger partial charge in [0.15, 0.2) is 11.5 Å². The Morgan fingerprint density at radius 3 is 2.19 bits per heavy atom. The van der Waals surface area contributed by atoms with Gasteiger partial charge in [-0.1, -0.05) is 19.9 Å². The van der Waals surface area contributed by atoms with E-state index in [0.29, 0.717) is 49.1 Å². The first kappa shape index (κ1) is 25.5. The number of benzene rings is 2. The second kappa shape index (κ2) is 11.7. The number of methoxy groups -OCH3 is 2. The first-order valence-electron chi connectivity index (χ1n) is 10.6. The minimum absolute atomic E-state index is 0.105. The van der Waals surface area contributed by atoms with Crippen molar-refractivity contribution in [2.45, 2.75) is 38.5 Å². The Morgan fingerprint density at radius 1 is 0.938 bits per heavy atom. The van der Waals surface area contributed by atoms with E-state index in [0.717, 1.165) is 5.56 Å². The van der Waals surface area contributed by atoms with Crippen LogP contribution in [0.5, 0.6) is 17.2 Å². The highest BCUT2D eigenvalue weighted by Crippen LogP contribution is 2.30. The number of amides is 1. The molecule has 8 nitrogen and oxygen atoms in total. The molecule has 0 saturated heterocycles. The van der Waals surface area contributed by atoms with Crippen molar-refractivity contribution in [3.05, 3.63) is 42.0 Å². The molecular weight excluding hydrogens is 432 g/mol. The Bertz CT molecular complexity index is 1020. The van der Waals surface area contributed by atoms with Crippen molar-refractivity contribution >= 4 is 21.6 Å². The monoisotopic (exact) mass is 464 g/mol. The van der Waals surface area contributed by atoms with Crippen LogP contribution in [0, 0.1) is 0 Å². The summed E-state index contributed by atoms with van der Waals surface area (Å²) in [5.41, 5.74) is 1.24. The predicted octanol–water partition coefficient (Wildman–Crippen LogP) is 3.70. The summed E-state index contributed by atoms with van der Waals surface area (Å²) < 4.78 is 43.2. The van der Waals surface area contributed by atoms with Crippen LogP contribution in [0.2, 0.25) is 0 Å². The number of anilines is 1. The fraction of sp³-hybridized carbons (Fsp3) is 0.435. The van der Waals surface area contributed by atoms with Gasteiger partial charge in [0, 0.05) is 19.5 Å². The molecule has 0 bridgehead atoms. The quantitative estimate of drug-likeness (QED) is 0.515. The third kappa shape index (κ3) is 6.14. The van der Waals surface area contributed by atoms with Crippen LogP contribution >= 0.6 is 0 Å². The van der Waals surface area contributed by atoms with Crippen LogP contribution in [0.4, 0.5) is 5.69 Å². The lowest BCUT2D eigenvalue weighted by Crippen LogP contribution is -2.30. The lowest BCUT2D eigenvalue weighted by molar-refractivity contribution is -0.116. The van der Waals surface area contributed by atoms with Gasteiger partial charge in [-0.25, -0.2) is 8.42 Å². The number of ether oxygens (including phenoxy) is 3. The zero-order chi connectivity index (χ0) is 23.7. The van der Waals surface area contributed by atoms with E-state index in [4.69, 9.17) is 14.2 Å². The summed E-state index contributed by atoms with van der Waals surface area (Å²) in [4.78, 5) is 12.7. The minimum Gasteiger partial charge on any atom is -0.495 e. The van der Waals surface area contributed by atoms with Crippen LogP contribution in [0.25, 0.3) is 0 Å². The van der Waals surface area contributed by atoms with Crippen LogP contribution < -0.4 is 19.5 Å². The van der Waals surface area contributed by atoms with Crippen LogP contribution in [0.15, 0.2) is 41.3 Å². The molecule has 0 aliphatic heterocycles. The number of sulfonamides is 1. The number of aryl methyl sites for hydroxylation is 1. The molecule has 2 aromatic carbocycles. The van der Waals surface area contributed by atoms with Gasteiger partial charge in [-0.2, -0.15) is 4.31 Å². The van der Waals surface area contributed by atoms with Gasteiger partial charge in [-0.3, -0.25) is 4.79 Å². The summed E-state index contributed by atoms with van der Waals surface area (Å²) in [6.45, 7) is 6.71. The van der Waals surface area contributed by atoms with Crippen molar-refractivity contribution in [1.82, 2.24) is 4.31 Å². The van der Waals surface area contributed by atoms with Gasteiger partial charge in [0.1, 0.15) is 5.75 Å². The Balaban J connectivity index is 2.15. The Hall–Kier alpha value is -2.78. The van der Waals surface area contributed by atoms with Crippen LogP contribution in [0.3, 0.4) is 0 Å². The van der Waals surface area contributed by atoms with Crippen LogP contribution in [-0.4, -0.2) is 52.5 Å². The lowest BCUT2D eigenvalue weighted by atomic mass is 10.1. The summed E-state index contributed by atoms with van der Waals surface area (Å²) in [5, 5.41) is 2.78. The van der Waals surface area contributed by atoms with E-state index in [9.17, 15) is 13.2 Å². The molecule has 0 saturated carbocycles. The Morgan fingerprint density at radius 2 is 1.59 bits per heavy atom. The molecule has 2 aromatic rings. The molecular formula is C23H32N2O6S. The molecule has 176 valence electrons. The van der Waals surface area contributed by atoms with Crippen molar-refractivity contribution in [1.29, 1.82) is 0 Å². The van der Waals surface area contributed by atoms with E-state index < -0.39 is 10.0 Å². The molecule has 0 aromatic heterocycles. The summed E-state index contributed by atoms with van der Waals surface area (Å²) in [6, 6.07) is 10.0. The number of nitrogens with one attached hydrogen (secondary N) is 1. The summed E-state index contributed by atoms with van der Waals surface area (Å²) in [7, 11) is -0.618. The SMILES string of the molecule is CCOc1ccc(CCC(=O)Nc2cc(S(=O)(=O)N(CC)CC)ccc2OC)cc1OC. The van der Waals surface area contributed by atoms with Crippen molar-refractivity contribution in [2.24, 2.45) is 0 Å². The average Bonchev–Trinajstić information content (AvgIpc) is 2.79. The third-order valence-electron chi connectivity index (χ3n) is 4.96. The van der Waals surface area contributed by atoms with Gasteiger partial charge >= 0.3 is 0 Å². The van der Waals surface area contributed by atoms with E-state index >= 15 is 0 Å². The molecule has 0 aliphatic carbocycles. The third-order valence-corrected chi connectivity index (χ3v) is 7.00. The van der Waals surface area contributed by atoms with Gasteiger partial charge in [-0.05, 0) is 49.2 Å². The van der Waals surface area contributed by atoms with Gasteiger partial charge in [0.05, 0.1) is 31.4 Å². The molecule has 0 radical (unpaired) electrons. The molecule has 2 rings (SSSR count). The maximum Gasteiger partial charge on any atom is 0.243 e. The predicted molar refractivity (Wildman–Crippen MR) is 124 cm³/mol. The number of hydrogen-bond donors (Lipinski definition) is 1. The average molecular weight is 465 g/mol. The first-order valence-corrected chi connectivity index (χ1v) is 12.0. The van der Waals surface area contributed by atoms with Crippen molar-refractivity contribution < 1.29 is 27.4 Å². The number of carbonyl (C=O) groups excluding carboxylic acids is 1. The van der Waals surface area contributed by atoms with E-state index in [2.05, 4.69) is 5.32 Å². The minimum atomic E-state index is -3.66. The maximum atomic E-state index is 12.8. The number of nitrogens with zero attached hydrogens (tertiary/aromatic N) is 1. The molecule has 0 heterocycles. The molecule has 1 N–H and O–H groups in total. The van der Waals surface area contributed by atoms with Crippen molar-refractivity contribution in [3.8, 4) is 17.2 Å². The van der Waals surface area contributed by atoms with Gasteiger partial charge in [0.25, 0.3) is 0 Å². The molecule has 9 heteroatoms. The highest BCUT2D eigenvalue weighted by atomic mass is 32.2. The summed E-state index contributed by atoms with van der Waals surface area (Å²) in [5.74, 6) is 1.40. The van der Waals surface area contributed by atoms with Gasteiger partial charge in [-0.15, -0.1) is 0 Å². The first-order chi connectivity index (χ1) is 15.3. The number of carbonyl (C=O) groups is 1. The highest BCUT2D eigenvalue weighted by molar-refractivity contribution is 7.89. The van der Waals surface area contributed by atoms with Crippen LogP contribution in [-0.2, 0) is 21.2 Å². The molecule has 1 amide bonds. The zero-order valence-electron chi connectivity index (χ0n) is 19.3. The largest absolute Gasteiger partial charge is 0.495 e. The second-order valence-corrected chi connectivity index (χ2v) is 8.86. The molecule has 0 atom stereocenters. The van der Waals surface area contributed by atoms with Crippen LogP contribution in [0.1, 0.15) is 32.8 Å². The van der Waals surface area contributed by atoms with E-state index in [1.165, 1.54) is 23.5 Å². The van der Waals surface area contributed by atoms with E-state index in [1.807, 2.05) is 25.1 Å². The van der Waals surface area contributed by atoms with Crippen molar-refractivity contribution in [3.63, 3.8) is 0 Å². The Kier molecular flexibility index (Phi) is 9.34. The number of hydrogen-bond acceptors (Lipinski definition) is 6. The maximum absolute atomic E-state index is 12.8. The standard InChI is InChI=1S/C23H32N2O6S/c1-6-25(7-2)32(27,28)18-11-13-20(29-4)19(16-18)24-23(26)14-10-17-9-12-21(31-8-3)22(15-17)30-5/h9,11-13,15-16H,6-8,10,14H2,1-5H3,(H,24,26). The van der Waals surface area contributed by atoms with E-state index in [-0.39, 0.29) is 17.2 Å². The fourth-order valence-corrected chi connectivity index (χ4v) is 4.76. The summed E-state index contributed by atoms with van der Waals surface area (Å²) in [6.07, 6.45) is 0.682. The zero-order valence-corrected chi connectivity index (χ0v) is 20.1. The van der Waals surface area contributed by atoms with Crippen molar-refractivity contribution in [2.75, 3.05) is 39.2 Å². The van der Waals surface area contributed by atoms with Gasteiger partial charge < -0.3 is 19.5 Å². The topological polar surface area (TPSA) is 94.2 Å².